The van der Waals surface area contributed by atoms with Gasteiger partial charge in [0.2, 0.25) is 5.91 Å². The van der Waals surface area contributed by atoms with Crippen LogP contribution >= 0.6 is 0 Å². The molecule has 1 fully saturated rings. The molecule has 3 aromatic rings. The van der Waals surface area contributed by atoms with Gasteiger partial charge in [-0.2, -0.15) is 0 Å². The van der Waals surface area contributed by atoms with Gasteiger partial charge in [-0.1, -0.05) is 24.3 Å². The standard InChI is InChI=1S/C26H24N4O3/c1-15-21-19(9-4-10-20(21)31)28-22(15)24(32)30-13-11-26(23(30)16-6-5-12-27-14-16)17-7-2-3-8-18(17)29-25(26)33/h2-3,5-8,12,14,23,28H,4,9-11,13H2,1H3,(H,29,33). The number of ketones is 1. The van der Waals surface area contributed by atoms with Crippen molar-refractivity contribution in [3.05, 3.63) is 82.4 Å². The fraction of sp³-hybridized carbons (Fsp3) is 0.308. The lowest BCUT2D eigenvalue weighted by Gasteiger charge is -2.34. The predicted octanol–water partition coefficient (Wildman–Crippen LogP) is 3.71. The van der Waals surface area contributed by atoms with E-state index in [1.165, 1.54) is 0 Å². The highest BCUT2D eigenvalue weighted by Gasteiger charge is 2.59. The topological polar surface area (TPSA) is 95.2 Å². The fourth-order valence-electron chi connectivity index (χ4n) is 6.04. The monoisotopic (exact) mass is 440 g/mol. The van der Waals surface area contributed by atoms with E-state index in [0.29, 0.717) is 36.2 Å². The van der Waals surface area contributed by atoms with Crippen LogP contribution in [0.2, 0.25) is 0 Å². The molecule has 0 radical (unpaired) electrons. The van der Waals surface area contributed by atoms with E-state index in [1.807, 2.05) is 43.3 Å². The molecular formula is C26H24N4O3. The smallest absolute Gasteiger partial charge is 0.271 e. The van der Waals surface area contributed by atoms with Crippen LogP contribution in [-0.2, 0) is 16.6 Å². The minimum absolute atomic E-state index is 0.0921. The van der Waals surface area contributed by atoms with Gasteiger partial charge >= 0.3 is 0 Å². The molecule has 7 nitrogen and oxygen atoms in total. The molecule has 2 aliphatic heterocycles. The average Bonchev–Trinajstić information content (AvgIpc) is 3.48. The van der Waals surface area contributed by atoms with E-state index in [2.05, 4.69) is 15.3 Å². The Bertz CT molecular complexity index is 1310. The molecule has 0 saturated carbocycles. The summed E-state index contributed by atoms with van der Waals surface area (Å²) in [6, 6.07) is 11.0. The van der Waals surface area contributed by atoms with Gasteiger partial charge in [-0.15, -0.1) is 0 Å². The molecule has 2 amide bonds. The minimum Gasteiger partial charge on any atom is -0.354 e. The lowest BCUT2D eigenvalue weighted by Crippen LogP contribution is -2.42. The van der Waals surface area contributed by atoms with Gasteiger partial charge in [-0.25, -0.2) is 0 Å². The second-order valence-electron chi connectivity index (χ2n) is 9.16. The summed E-state index contributed by atoms with van der Waals surface area (Å²) in [5.74, 6) is -0.182. The second-order valence-corrected chi connectivity index (χ2v) is 9.16. The Hall–Kier alpha value is -3.74. The molecule has 4 heterocycles. The lowest BCUT2D eigenvalue weighted by molar-refractivity contribution is -0.121. The van der Waals surface area contributed by atoms with Gasteiger partial charge in [0, 0.05) is 42.3 Å². The Morgan fingerprint density at radius 3 is 2.79 bits per heavy atom. The summed E-state index contributed by atoms with van der Waals surface area (Å²) in [4.78, 5) is 49.3. The molecule has 2 N–H and O–H groups in total. The van der Waals surface area contributed by atoms with Gasteiger partial charge in [-0.3, -0.25) is 19.4 Å². The average molecular weight is 441 g/mol. The molecule has 1 saturated heterocycles. The van der Waals surface area contributed by atoms with E-state index in [4.69, 9.17) is 0 Å². The van der Waals surface area contributed by atoms with E-state index >= 15 is 0 Å². The number of Topliss-reactive ketones (excluding diaryl/α,β-unsaturated/α-hetero) is 1. The first-order valence-corrected chi connectivity index (χ1v) is 11.4. The molecule has 33 heavy (non-hydrogen) atoms. The highest BCUT2D eigenvalue weighted by molar-refractivity contribution is 6.09. The molecule has 2 unspecified atom stereocenters. The van der Waals surface area contributed by atoms with Crippen molar-refractivity contribution in [2.24, 2.45) is 0 Å². The van der Waals surface area contributed by atoms with E-state index in [0.717, 1.165) is 35.3 Å². The lowest BCUT2D eigenvalue weighted by atomic mass is 9.73. The number of nitrogens with zero attached hydrogens (tertiary/aromatic N) is 2. The van der Waals surface area contributed by atoms with Gasteiger partial charge in [0.25, 0.3) is 5.91 Å². The number of fused-ring (bicyclic) bond motifs is 3. The second kappa shape index (κ2) is 7.13. The summed E-state index contributed by atoms with van der Waals surface area (Å²) in [7, 11) is 0. The zero-order valence-corrected chi connectivity index (χ0v) is 18.4. The summed E-state index contributed by atoms with van der Waals surface area (Å²) in [6.45, 7) is 2.27. The van der Waals surface area contributed by atoms with Crippen molar-refractivity contribution in [2.75, 3.05) is 11.9 Å². The number of anilines is 1. The van der Waals surface area contributed by atoms with E-state index in [9.17, 15) is 14.4 Å². The molecule has 166 valence electrons. The fourth-order valence-corrected chi connectivity index (χ4v) is 6.04. The van der Waals surface area contributed by atoms with Crippen LogP contribution in [-0.4, -0.2) is 39.0 Å². The molecule has 1 spiro atoms. The van der Waals surface area contributed by atoms with Gasteiger partial charge in [0.15, 0.2) is 5.78 Å². The van der Waals surface area contributed by atoms with Crippen LogP contribution in [0.1, 0.15) is 68.5 Å². The first kappa shape index (κ1) is 19.9. The van der Waals surface area contributed by atoms with E-state index in [-0.39, 0.29) is 17.6 Å². The largest absolute Gasteiger partial charge is 0.354 e. The number of para-hydroxylation sites is 1. The SMILES string of the molecule is Cc1c(C(=O)N2CCC3(C(=O)Nc4ccccc43)C2c2cccnc2)[nH]c2c1C(=O)CCC2. The first-order valence-electron chi connectivity index (χ1n) is 11.4. The number of amides is 2. The number of hydrogen-bond donors (Lipinski definition) is 2. The maximum atomic E-state index is 14.0. The van der Waals surface area contributed by atoms with Crippen LogP contribution in [0, 0.1) is 6.92 Å². The van der Waals surface area contributed by atoms with Crippen molar-refractivity contribution in [3.8, 4) is 0 Å². The molecular weight excluding hydrogens is 416 g/mol. The molecule has 2 atom stereocenters. The van der Waals surface area contributed by atoms with Gasteiger partial charge < -0.3 is 15.2 Å². The number of carbonyl (C=O) groups excluding carboxylic acids is 3. The Morgan fingerprint density at radius 1 is 1.15 bits per heavy atom. The Labute approximate surface area is 191 Å². The number of likely N-dealkylation sites (tertiary alicyclic amines) is 1. The van der Waals surface area contributed by atoms with Crippen LogP contribution in [0.3, 0.4) is 0 Å². The number of carbonyl (C=O) groups is 3. The van der Waals surface area contributed by atoms with Crippen molar-refractivity contribution in [3.63, 3.8) is 0 Å². The minimum atomic E-state index is -0.884. The molecule has 7 heteroatoms. The Balaban J connectivity index is 1.49. The Kier molecular flexibility index (Phi) is 4.30. The zero-order chi connectivity index (χ0) is 22.7. The summed E-state index contributed by atoms with van der Waals surface area (Å²) in [6.07, 6.45) is 6.01. The number of H-pyrrole nitrogens is 1. The predicted molar refractivity (Wildman–Crippen MR) is 122 cm³/mol. The summed E-state index contributed by atoms with van der Waals surface area (Å²) >= 11 is 0. The van der Waals surface area contributed by atoms with Crippen molar-refractivity contribution in [1.82, 2.24) is 14.9 Å². The maximum absolute atomic E-state index is 14.0. The first-order chi connectivity index (χ1) is 16.0. The van der Waals surface area contributed by atoms with Crippen LogP contribution in [0.15, 0.2) is 48.8 Å². The number of aromatic nitrogens is 2. The summed E-state index contributed by atoms with van der Waals surface area (Å²) in [5.41, 5.74) is 4.32. The molecule has 1 aliphatic carbocycles. The number of pyridine rings is 1. The van der Waals surface area contributed by atoms with E-state index < -0.39 is 11.5 Å². The molecule has 2 aromatic heterocycles. The van der Waals surface area contributed by atoms with Gasteiger partial charge in [0.1, 0.15) is 11.1 Å². The van der Waals surface area contributed by atoms with Crippen molar-refractivity contribution < 1.29 is 14.4 Å². The summed E-state index contributed by atoms with van der Waals surface area (Å²) < 4.78 is 0. The summed E-state index contributed by atoms with van der Waals surface area (Å²) in [5, 5.41) is 3.04. The maximum Gasteiger partial charge on any atom is 0.271 e. The third kappa shape index (κ3) is 2.68. The Morgan fingerprint density at radius 2 is 2.00 bits per heavy atom. The number of aromatic amines is 1. The van der Waals surface area contributed by atoms with Crippen molar-refractivity contribution >= 4 is 23.3 Å². The van der Waals surface area contributed by atoms with Gasteiger partial charge in [0.05, 0.1) is 6.04 Å². The van der Waals surface area contributed by atoms with Gasteiger partial charge in [-0.05, 0) is 55.0 Å². The van der Waals surface area contributed by atoms with Crippen LogP contribution in [0.4, 0.5) is 5.69 Å². The highest BCUT2D eigenvalue weighted by atomic mass is 16.2. The van der Waals surface area contributed by atoms with Crippen LogP contribution < -0.4 is 5.32 Å². The third-order valence-corrected chi connectivity index (χ3v) is 7.50. The number of hydrogen-bond acceptors (Lipinski definition) is 4. The van der Waals surface area contributed by atoms with Crippen LogP contribution in [0.5, 0.6) is 0 Å². The zero-order valence-electron chi connectivity index (χ0n) is 18.4. The number of aryl methyl sites for hydroxylation is 1. The highest BCUT2D eigenvalue weighted by Crippen LogP contribution is 2.54. The number of benzene rings is 1. The molecule has 1 aromatic carbocycles. The van der Waals surface area contributed by atoms with E-state index in [1.54, 1.807) is 17.3 Å². The third-order valence-electron chi connectivity index (χ3n) is 7.50. The van der Waals surface area contributed by atoms with Crippen molar-refractivity contribution in [2.45, 2.75) is 44.1 Å². The number of nitrogens with one attached hydrogen (secondary N) is 2. The quantitative estimate of drug-likeness (QED) is 0.635. The molecule has 6 rings (SSSR count). The number of rotatable bonds is 2. The normalized spacial score (nSPS) is 23.5. The van der Waals surface area contributed by atoms with Crippen molar-refractivity contribution in [1.29, 1.82) is 0 Å². The molecule has 3 aliphatic rings. The van der Waals surface area contributed by atoms with Crippen LogP contribution in [0.25, 0.3) is 0 Å². The molecule has 0 bridgehead atoms.